The normalized spacial score (nSPS) is 10.9. The summed E-state index contributed by atoms with van der Waals surface area (Å²) in [7, 11) is 0. The molecule has 0 radical (unpaired) electrons. The molecule has 1 N–H and O–H groups in total. The number of carbonyl (C=O) groups is 1. The van der Waals surface area contributed by atoms with Gasteiger partial charge in [0, 0.05) is 22.7 Å². The van der Waals surface area contributed by atoms with Crippen LogP contribution >= 0.6 is 22.7 Å². The van der Waals surface area contributed by atoms with Gasteiger partial charge in [0.15, 0.2) is 0 Å². The van der Waals surface area contributed by atoms with Gasteiger partial charge in [0.05, 0.1) is 6.20 Å². The maximum atomic E-state index is 14.0. The molecule has 146 valence electrons. The van der Waals surface area contributed by atoms with Crippen molar-refractivity contribution in [3.63, 3.8) is 0 Å². The second-order valence-electron chi connectivity index (χ2n) is 6.45. The molecule has 8 heteroatoms. The minimum atomic E-state index is -0.812. The maximum absolute atomic E-state index is 14.0. The van der Waals surface area contributed by atoms with E-state index in [2.05, 4.69) is 15.3 Å². The van der Waals surface area contributed by atoms with Crippen LogP contribution in [0.4, 0.5) is 14.5 Å². The quantitative estimate of drug-likeness (QED) is 0.429. The van der Waals surface area contributed by atoms with Gasteiger partial charge in [-0.1, -0.05) is 12.1 Å². The lowest BCUT2D eigenvalue weighted by Gasteiger charge is -2.07. The molecule has 0 spiro atoms. The molecule has 0 fully saturated rings. The third kappa shape index (κ3) is 3.94. The number of hydrogen-bond donors (Lipinski definition) is 1. The summed E-state index contributed by atoms with van der Waals surface area (Å²) in [4.78, 5) is 21.4. The van der Waals surface area contributed by atoms with E-state index in [-0.39, 0.29) is 4.88 Å². The molecule has 0 atom stereocenters. The number of amides is 1. The number of rotatable bonds is 4. The Hall–Kier alpha value is -2.97. The van der Waals surface area contributed by atoms with Crippen LogP contribution in [0.1, 0.15) is 20.8 Å². The predicted molar refractivity (Wildman–Crippen MR) is 112 cm³/mol. The summed E-state index contributed by atoms with van der Waals surface area (Å²) in [6, 6.07) is 8.29. The standard InChI is InChI=1S/C21H15F2N3OS2/c1-11-7-15(22)18(16(23)8-11)26-19(27)17-10-25-21(29-17)14-9-13(4-3-12(14)2)20-24-5-6-28-20/h3-10H,1-2H3,(H,26,27). The molecule has 0 bridgehead atoms. The van der Waals surface area contributed by atoms with Crippen molar-refractivity contribution in [3.8, 4) is 21.1 Å². The third-order valence-corrected chi connectivity index (χ3v) is 6.15. The molecule has 4 nitrogen and oxygen atoms in total. The Morgan fingerprint density at radius 2 is 1.79 bits per heavy atom. The molecule has 4 aromatic rings. The molecule has 1 amide bonds. The Morgan fingerprint density at radius 1 is 1.03 bits per heavy atom. The van der Waals surface area contributed by atoms with E-state index in [0.29, 0.717) is 10.6 Å². The number of anilines is 1. The van der Waals surface area contributed by atoms with Crippen LogP contribution in [-0.4, -0.2) is 15.9 Å². The van der Waals surface area contributed by atoms with Gasteiger partial charge in [0.25, 0.3) is 5.91 Å². The van der Waals surface area contributed by atoms with Gasteiger partial charge in [-0.3, -0.25) is 4.79 Å². The Balaban J connectivity index is 1.62. The molecule has 2 heterocycles. The van der Waals surface area contributed by atoms with Crippen molar-refractivity contribution in [1.82, 2.24) is 9.97 Å². The molecule has 2 aromatic heterocycles. The average Bonchev–Trinajstić information content (AvgIpc) is 3.37. The Labute approximate surface area is 173 Å². The van der Waals surface area contributed by atoms with Crippen molar-refractivity contribution in [2.75, 3.05) is 5.32 Å². The molecule has 2 aromatic carbocycles. The lowest BCUT2D eigenvalue weighted by Crippen LogP contribution is -2.13. The van der Waals surface area contributed by atoms with E-state index in [1.54, 1.807) is 13.1 Å². The summed E-state index contributed by atoms with van der Waals surface area (Å²) >= 11 is 2.70. The molecule has 29 heavy (non-hydrogen) atoms. The highest BCUT2D eigenvalue weighted by Gasteiger charge is 2.18. The van der Waals surface area contributed by atoms with E-state index in [4.69, 9.17) is 0 Å². The van der Waals surface area contributed by atoms with Gasteiger partial charge in [-0.25, -0.2) is 18.7 Å². The fourth-order valence-corrected chi connectivity index (χ4v) is 4.38. The molecule has 4 rings (SSSR count). The fourth-order valence-electron chi connectivity index (χ4n) is 2.85. The summed E-state index contributed by atoms with van der Waals surface area (Å²) in [5.41, 5.74) is 2.83. The first-order chi connectivity index (χ1) is 13.9. The molecular formula is C21H15F2N3OS2. The van der Waals surface area contributed by atoms with Crippen LogP contribution < -0.4 is 5.32 Å². The molecule has 0 aliphatic carbocycles. The minimum Gasteiger partial charge on any atom is -0.316 e. The van der Waals surface area contributed by atoms with Crippen LogP contribution in [0.15, 0.2) is 48.1 Å². The summed E-state index contributed by atoms with van der Waals surface area (Å²) in [6.45, 7) is 3.54. The highest BCUT2D eigenvalue weighted by atomic mass is 32.1. The summed E-state index contributed by atoms with van der Waals surface area (Å²) < 4.78 is 28.0. The molecule has 0 unspecified atom stereocenters. The first-order valence-corrected chi connectivity index (χ1v) is 10.4. The van der Waals surface area contributed by atoms with Gasteiger partial charge in [-0.15, -0.1) is 22.7 Å². The van der Waals surface area contributed by atoms with Crippen molar-refractivity contribution in [2.24, 2.45) is 0 Å². The number of carbonyl (C=O) groups excluding carboxylic acids is 1. The van der Waals surface area contributed by atoms with E-state index in [9.17, 15) is 13.6 Å². The third-order valence-electron chi connectivity index (χ3n) is 4.30. The van der Waals surface area contributed by atoms with Crippen LogP contribution in [0.3, 0.4) is 0 Å². The smallest absolute Gasteiger partial charge is 0.267 e. The van der Waals surface area contributed by atoms with Crippen molar-refractivity contribution in [2.45, 2.75) is 13.8 Å². The number of benzene rings is 2. The zero-order chi connectivity index (χ0) is 20.5. The molecule has 0 saturated carbocycles. The largest absolute Gasteiger partial charge is 0.316 e. The van der Waals surface area contributed by atoms with Crippen LogP contribution in [0.5, 0.6) is 0 Å². The Kier molecular flexibility index (Phi) is 5.21. The number of aryl methyl sites for hydroxylation is 2. The van der Waals surface area contributed by atoms with Crippen LogP contribution in [0, 0.1) is 25.5 Å². The zero-order valence-corrected chi connectivity index (χ0v) is 17.1. The fraction of sp³-hybridized carbons (Fsp3) is 0.0952. The topological polar surface area (TPSA) is 54.9 Å². The van der Waals surface area contributed by atoms with Gasteiger partial charge in [-0.2, -0.15) is 0 Å². The first kappa shape index (κ1) is 19.4. The lowest BCUT2D eigenvalue weighted by molar-refractivity contribution is 0.102. The summed E-state index contributed by atoms with van der Waals surface area (Å²) in [5, 5.41) is 5.76. The number of halogens is 2. The van der Waals surface area contributed by atoms with E-state index < -0.39 is 23.2 Å². The lowest BCUT2D eigenvalue weighted by atomic mass is 10.1. The molecule has 0 aliphatic rings. The SMILES string of the molecule is Cc1cc(F)c(NC(=O)c2cnc(-c3cc(-c4nccs4)ccc3C)s2)c(F)c1. The van der Waals surface area contributed by atoms with Crippen molar-refractivity contribution >= 4 is 34.3 Å². The van der Waals surface area contributed by atoms with Crippen molar-refractivity contribution in [3.05, 3.63) is 75.7 Å². The maximum Gasteiger partial charge on any atom is 0.267 e. The Bertz CT molecular complexity index is 1180. The molecule has 0 saturated heterocycles. The van der Waals surface area contributed by atoms with Gasteiger partial charge in [0.2, 0.25) is 0 Å². The molecule has 0 aliphatic heterocycles. The number of thiazole rings is 2. The second kappa shape index (κ2) is 7.81. The summed E-state index contributed by atoms with van der Waals surface area (Å²) in [5.74, 6) is -2.23. The highest BCUT2D eigenvalue weighted by molar-refractivity contribution is 7.17. The van der Waals surface area contributed by atoms with Crippen LogP contribution in [0.2, 0.25) is 0 Å². The van der Waals surface area contributed by atoms with Crippen LogP contribution in [-0.2, 0) is 0 Å². The number of nitrogens with one attached hydrogen (secondary N) is 1. The molecular weight excluding hydrogens is 412 g/mol. The number of nitrogens with zero attached hydrogens (tertiary/aromatic N) is 2. The first-order valence-electron chi connectivity index (χ1n) is 8.66. The Morgan fingerprint density at radius 3 is 2.48 bits per heavy atom. The monoisotopic (exact) mass is 427 g/mol. The van der Waals surface area contributed by atoms with Crippen molar-refractivity contribution in [1.29, 1.82) is 0 Å². The van der Waals surface area contributed by atoms with Gasteiger partial charge >= 0.3 is 0 Å². The minimum absolute atomic E-state index is 0.262. The average molecular weight is 428 g/mol. The van der Waals surface area contributed by atoms with Crippen molar-refractivity contribution < 1.29 is 13.6 Å². The number of aromatic nitrogens is 2. The van der Waals surface area contributed by atoms with Crippen LogP contribution in [0.25, 0.3) is 21.1 Å². The van der Waals surface area contributed by atoms with Gasteiger partial charge < -0.3 is 5.32 Å². The van der Waals surface area contributed by atoms with Gasteiger partial charge in [-0.05, 0) is 43.2 Å². The van der Waals surface area contributed by atoms with E-state index in [0.717, 1.165) is 33.0 Å². The van der Waals surface area contributed by atoms with Gasteiger partial charge in [0.1, 0.15) is 32.2 Å². The zero-order valence-electron chi connectivity index (χ0n) is 15.5. The van der Waals surface area contributed by atoms with E-state index in [1.807, 2.05) is 30.5 Å². The second-order valence-corrected chi connectivity index (χ2v) is 8.38. The van der Waals surface area contributed by atoms with E-state index >= 15 is 0 Å². The summed E-state index contributed by atoms with van der Waals surface area (Å²) in [6.07, 6.45) is 3.16. The predicted octanol–water partition coefficient (Wildman–Crippen LogP) is 6.08. The number of hydrogen-bond acceptors (Lipinski definition) is 5. The highest BCUT2D eigenvalue weighted by Crippen LogP contribution is 2.33. The van der Waals surface area contributed by atoms with E-state index in [1.165, 1.54) is 29.7 Å².